The standard InChI is InChI=1S/C22H18ClFN6O2/c1-12-7-26-21(31)17-10-28-30-11-18(13-3-2-4-15(23)5-13)19(29-20(17)30)25-8-14-6-16(24)9-27-22(14)32-12/h2-6,9-12H,7-8H2,1H3,(H,25,29)(H,26,31)/t12-/m0/s1. The van der Waals surface area contributed by atoms with Crippen LogP contribution in [0, 0.1) is 5.82 Å². The number of aromatic nitrogens is 4. The van der Waals surface area contributed by atoms with Crippen LogP contribution < -0.4 is 15.4 Å². The van der Waals surface area contributed by atoms with Crippen LogP contribution >= 0.6 is 11.6 Å². The summed E-state index contributed by atoms with van der Waals surface area (Å²) in [5.74, 6) is -0.0305. The lowest BCUT2D eigenvalue weighted by Gasteiger charge is -2.17. The van der Waals surface area contributed by atoms with Gasteiger partial charge in [-0.2, -0.15) is 5.10 Å². The maximum absolute atomic E-state index is 13.9. The fraction of sp³-hybridized carbons (Fsp3) is 0.182. The molecule has 4 heterocycles. The van der Waals surface area contributed by atoms with Crippen molar-refractivity contribution in [2.45, 2.75) is 19.6 Å². The number of carbonyl (C=O) groups is 1. The van der Waals surface area contributed by atoms with Gasteiger partial charge < -0.3 is 15.4 Å². The Hall–Kier alpha value is -3.72. The van der Waals surface area contributed by atoms with Crippen molar-refractivity contribution < 1.29 is 13.9 Å². The van der Waals surface area contributed by atoms with Crippen molar-refractivity contribution in [1.82, 2.24) is 24.9 Å². The van der Waals surface area contributed by atoms with Gasteiger partial charge in [-0.1, -0.05) is 23.7 Å². The Balaban J connectivity index is 1.67. The first kappa shape index (κ1) is 20.2. The molecule has 1 aromatic carbocycles. The molecule has 0 spiro atoms. The molecule has 3 aromatic heterocycles. The van der Waals surface area contributed by atoms with Crippen LogP contribution in [-0.2, 0) is 6.54 Å². The van der Waals surface area contributed by atoms with E-state index in [1.807, 2.05) is 12.1 Å². The van der Waals surface area contributed by atoms with Gasteiger partial charge in [-0.3, -0.25) is 4.79 Å². The summed E-state index contributed by atoms with van der Waals surface area (Å²) in [6, 6.07) is 8.67. The molecule has 8 nitrogen and oxygen atoms in total. The van der Waals surface area contributed by atoms with Crippen LogP contribution in [0.1, 0.15) is 22.8 Å². The van der Waals surface area contributed by atoms with Crippen LogP contribution in [0.2, 0.25) is 5.02 Å². The first-order valence-corrected chi connectivity index (χ1v) is 10.3. The summed E-state index contributed by atoms with van der Waals surface area (Å²) in [5, 5.41) is 10.9. The predicted molar refractivity (Wildman–Crippen MR) is 117 cm³/mol. The SMILES string of the molecule is C[C@H]1CNC(=O)c2cnn3cc(-c4cccc(Cl)c4)c(nc23)NCc2cc(F)cnc2O1. The Kier molecular flexibility index (Phi) is 5.10. The number of carbonyl (C=O) groups excluding carboxylic acids is 1. The number of rotatable bonds is 1. The van der Waals surface area contributed by atoms with E-state index in [9.17, 15) is 9.18 Å². The third-order valence-corrected chi connectivity index (χ3v) is 5.31. The van der Waals surface area contributed by atoms with Crippen LogP contribution in [-0.4, -0.2) is 38.1 Å². The fourth-order valence-electron chi connectivity index (χ4n) is 3.52. The molecule has 1 atom stereocenters. The number of halogens is 2. The van der Waals surface area contributed by atoms with Gasteiger partial charge in [0.25, 0.3) is 5.91 Å². The summed E-state index contributed by atoms with van der Waals surface area (Å²) >= 11 is 6.20. The van der Waals surface area contributed by atoms with Crippen LogP contribution in [0.3, 0.4) is 0 Å². The second kappa shape index (κ2) is 8.08. The monoisotopic (exact) mass is 452 g/mol. The average molecular weight is 453 g/mol. The molecule has 0 fully saturated rings. The zero-order chi connectivity index (χ0) is 22.2. The zero-order valence-electron chi connectivity index (χ0n) is 17.0. The number of nitrogens with zero attached hydrogens (tertiary/aromatic N) is 4. The number of fused-ring (bicyclic) bond motifs is 2. The van der Waals surface area contributed by atoms with Gasteiger partial charge in [0.1, 0.15) is 23.3 Å². The molecule has 5 rings (SSSR count). The number of hydrogen-bond donors (Lipinski definition) is 2. The van der Waals surface area contributed by atoms with Crippen LogP contribution in [0.5, 0.6) is 5.88 Å². The molecule has 0 radical (unpaired) electrons. The van der Waals surface area contributed by atoms with E-state index in [0.717, 1.165) is 11.8 Å². The molecule has 2 N–H and O–H groups in total. The lowest BCUT2D eigenvalue weighted by Crippen LogP contribution is -2.33. The molecule has 0 aliphatic carbocycles. The first-order chi connectivity index (χ1) is 15.5. The number of benzene rings is 1. The minimum absolute atomic E-state index is 0.203. The molecule has 0 saturated heterocycles. The Bertz CT molecular complexity index is 1340. The fourth-order valence-corrected chi connectivity index (χ4v) is 3.71. The molecule has 162 valence electrons. The maximum Gasteiger partial charge on any atom is 0.256 e. The third kappa shape index (κ3) is 3.82. The summed E-state index contributed by atoms with van der Waals surface area (Å²) in [6.45, 7) is 2.23. The summed E-state index contributed by atoms with van der Waals surface area (Å²) in [6.07, 6.45) is 3.96. The quantitative estimate of drug-likeness (QED) is 0.457. The molecule has 0 unspecified atom stereocenters. The highest BCUT2D eigenvalue weighted by Gasteiger charge is 2.20. The van der Waals surface area contributed by atoms with Gasteiger partial charge in [0.15, 0.2) is 5.65 Å². The predicted octanol–water partition coefficient (Wildman–Crippen LogP) is 3.71. The Morgan fingerprint density at radius 1 is 1.22 bits per heavy atom. The minimum atomic E-state index is -0.476. The molecule has 10 heteroatoms. The van der Waals surface area contributed by atoms with Gasteiger partial charge in [0, 0.05) is 28.9 Å². The van der Waals surface area contributed by atoms with E-state index in [-0.39, 0.29) is 31.0 Å². The van der Waals surface area contributed by atoms with E-state index in [0.29, 0.717) is 33.2 Å². The molecule has 4 aromatic rings. The van der Waals surface area contributed by atoms with Crippen molar-refractivity contribution in [2.24, 2.45) is 0 Å². The van der Waals surface area contributed by atoms with E-state index in [1.165, 1.54) is 12.3 Å². The van der Waals surface area contributed by atoms with Crippen molar-refractivity contribution in [3.05, 3.63) is 70.9 Å². The van der Waals surface area contributed by atoms with Gasteiger partial charge in [-0.25, -0.2) is 18.9 Å². The van der Waals surface area contributed by atoms with E-state index < -0.39 is 5.82 Å². The van der Waals surface area contributed by atoms with E-state index in [1.54, 1.807) is 29.8 Å². The van der Waals surface area contributed by atoms with E-state index in [2.05, 4.69) is 25.7 Å². The van der Waals surface area contributed by atoms with Gasteiger partial charge in [-0.15, -0.1) is 0 Å². The topological polar surface area (TPSA) is 93.4 Å². The van der Waals surface area contributed by atoms with Gasteiger partial charge >= 0.3 is 0 Å². The van der Waals surface area contributed by atoms with Gasteiger partial charge in [0.05, 0.1) is 18.9 Å². The first-order valence-electron chi connectivity index (χ1n) is 9.95. The van der Waals surface area contributed by atoms with Crippen LogP contribution in [0.4, 0.5) is 10.2 Å². The highest BCUT2D eigenvalue weighted by Crippen LogP contribution is 2.30. The molecule has 1 aliphatic rings. The van der Waals surface area contributed by atoms with Gasteiger partial charge in [0.2, 0.25) is 5.88 Å². The zero-order valence-corrected chi connectivity index (χ0v) is 17.7. The summed E-state index contributed by atoms with van der Waals surface area (Å²) in [5.41, 5.74) is 2.77. The lowest BCUT2D eigenvalue weighted by molar-refractivity contribution is 0.0932. The molecular formula is C22H18ClFN6O2. The second-order valence-electron chi connectivity index (χ2n) is 7.45. The number of ether oxygens (including phenoxy) is 1. The number of anilines is 1. The molecular weight excluding hydrogens is 435 g/mol. The smallest absolute Gasteiger partial charge is 0.256 e. The Morgan fingerprint density at radius 2 is 2.09 bits per heavy atom. The summed E-state index contributed by atoms with van der Waals surface area (Å²) in [7, 11) is 0. The van der Waals surface area contributed by atoms with Crippen LogP contribution in [0.25, 0.3) is 16.8 Å². The molecule has 1 amide bonds. The average Bonchev–Trinajstić information content (AvgIpc) is 3.19. The van der Waals surface area contributed by atoms with Crippen LogP contribution in [0.15, 0.2) is 48.9 Å². The normalized spacial score (nSPS) is 16.2. The number of hydrogen-bond acceptors (Lipinski definition) is 6. The van der Waals surface area contributed by atoms with Crippen molar-refractivity contribution in [3.8, 4) is 17.0 Å². The van der Waals surface area contributed by atoms with Crippen molar-refractivity contribution in [1.29, 1.82) is 0 Å². The van der Waals surface area contributed by atoms with Crippen molar-refractivity contribution in [2.75, 3.05) is 11.9 Å². The second-order valence-corrected chi connectivity index (χ2v) is 7.89. The third-order valence-electron chi connectivity index (χ3n) is 5.07. The van der Waals surface area contributed by atoms with Crippen molar-refractivity contribution >= 4 is 29.0 Å². The maximum atomic E-state index is 13.9. The van der Waals surface area contributed by atoms with Gasteiger partial charge in [-0.05, 0) is 30.7 Å². The molecule has 1 aliphatic heterocycles. The summed E-state index contributed by atoms with van der Waals surface area (Å²) in [4.78, 5) is 21.5. The number of nitrogens with one attached hydrogen (secondary N) is 2. The minimum Gasteiger partial charge on any atom is -0.473 e. The van der Waals surface area contributed by atoms with E-state index in [4.69, 9.17) is 16.3 Å². The Labute approximate surface area is 187 Å². The number of amides is 1. The summed E-state index contributed by atoms with van der Waals surface area (Å²) < 4.78 is 21.3. The Morgan fingerprint density at radius 3 is 2.94 bits per heavy atom. The number of pyridine rings is 1. The largest absolute Gasteiger partial charge is 0.473 e. The van der Waals surface area contributed by atoms with E-state index >= 15 is 0 Å². The highest BCUT2D eigenvalue weighted by atomic mass is 35.5. The molecule has 0 saturated carbocycles. The molecule has 32 heavy (non-hydrogen) atoms. The molecule has 2 bridgehead atoms. The van der Waals surface area contributed by atoms with Crippen molar-refractivity contribution in [3.63, 3.8) is 0 Å². The highest BCUT2D eigenvalue weighted by molar-refractivity contribution is 6.30. The lowest BCUT2D eigenvalue weighted by atomic mass is 10.1.